The van der Waals surface area contributed by atoms with Crippen molar-refractivity contribution < 1.29 is 14.5 Å². The summed E-state index contributed by atoms with van der Waals surface area (Å²) in [4.78, 5) is 4.22. The number of aliphatic imine (C=N–C) groups is 1. The monoisotopic (exact) mass is 380 g/mol. The number of rotatable bonds is 12. The van der Waals surface area contributed by atoms with Crippen LogP contribution in [-0.2, 0) is 17.7 Å². The van der Waals surface area contributed by atoms with Crippen LogP contribution in [0.5, 0.6) is 5.75 Å². The summed E-state index contributed by atoms with van der Waals surface area (Å²) in [6, 6.07) is 17.4. The molecule has 6 heteroatoms. The van der Waals surface area contributed by atoms with Crippen LogP contribution >= 0.6 is 0 Å². The van der Waals surface area contributed by atoms with E-state index in [1.54, 1.807) is 0 Å². The second-order valence-corrected chi connectivity index (χ2v) is 7.24. The van der Waals surface area contributed by atoms with Crippen LogP contribution < -0.4 is 10.1 Å². The Labute approximate surface area is 168 Å². The first-order chi connectivity index (χ1) is 13.6. The molecule has 0 aliphatic rings. The molecule has 148 valence electrons. The predicted octanol–water partition coefficient (Wildman–Crippen LogP) is 2.86. The quantitative estimate of drug-likeness (QED) is 0.439. The molecule has 0 radical (unpaired) electrons. The molecule has 2 aromatic rings. The normalized spacial score (nSPS) is 13.4. The van der Waals surface area contributed by atoms with Crippen molar-refractivity contribution in [3.05, 3.63) is 65.7 Å². The minimum atomic E-state index is -0.663. The Kier molecular flexibility index (Phi) is 9.59. The molecule has 2 N–H and O–H groups in total. The van der Waals surface area contributed by atoms with Crippen molar-refractivity contribution in [3.63, 3.8) is 0 Å². The van der Waals surface area contributed by atoms with Crippen molar-refractivity contribution in [2.45, 2.75) is 39.0 Å². The number of nitrogens with one attached hydrogen (secondary N) is 1. The predicted molar refractivity (Wildman–Crippen MR) is 113 cm³/mol. The van der Waals surface area contributed by atoms with Gasteiger partial charge in [-0.3, -0.25) is 0 Å². The van der Waals surface area contributed by atoms with Gasteiger partial charge in [0.05, 0.1) is 0 Å². The Morgan fingerprint density at radius 2 is 1.79 bits per heavy atom. The van der Waals surface area contributed by atoms with E-state index in [0.29, 0.717) is 32.6 Å². The fourth-order valence-corrected chi connectivity index (χ4v) is 2.79. The number of aliphatic hydroxyl groups excluding tert-OH is 1. The summed E-state index contributed by atoms with van der Waals surface area (Å²) in [5.74, 6) is 1.30. The van der Waals surface area contributed by atoms with Crippen LogP contribution in [0.3, 0.4) is 0 Å². The van der Waals surface area contributed by atoms with E-state index in [1.165, 1.54) is 6.11 Å². The van der Waals surface area contributed by atoms with E-state index in [1.807, 2.05) is 54.6 Å². The third kappa shape index (κ3) is 8.15. The zero-order valence-corrected chi connectivity index (χ0v) is 16.6. The van der Waals surface area contributed by atoms with Crippen LogP contribution in [0.1, 0.15) is 25.0 Å². The van der Waals surface area contributed by atoms with Gasteiger partial charge < -0.3 is 0 Å². The fraction of sp³-hybridized carbons (Fsp3) is 0.409. The average Bonchev–Trinajstić information content (AvgIpc) is 2.71. The van der Waals surface area contributed by atoms with Gasteiger partial charge in [-0.25, -0.2) is 0 Å². The Morgan fingerprint density at radius 1 is 1.07 bits per heavy atom. The molecular formula is C22H29BN2O3. The Hall–Kier alpha value is -2.31. The van der Waals surface area contributed by atoms with Gasteiger partial charge in [0.1, 0.15) is 0 Å². The molecule has 0 saturated carbocycles. The van der Waals surface area contributed by atoms with Gasteiger partial charge in [0.2, 0.25) is 0 Å². The second kappa shape index (κ2) is 12.2. The summed E-state index contributed by atoms with van der Waals surface area (Å²) in [6.07, 6.45) is 1.10. The van der Waals surface area contributed by atoms with Crippen molar-refractivity contribution in [2.24, 2.45) is 10.9 Å². The maximum absolute atomic E-state index is 10.7. The van der Waals surface area contributed by atoms with Crippen LogP contribution in [0.25, 0.3) is 0 Å². The van der Waals surface area contributed by atoms with Crippen LogP contribution in [0, 0.1) is 5.92 Å². The molecule has 5 nitrogen and oxygen atoms in total. The molecule has 0 saturated heterocycles. The molecular weight excluding hydrogens is 351 g/mol. The van der Waals surface area contributed by atoms with Crippen molar-refractivity contribution in [3.8, 4) is 5.75 Å². The number of benzene rings is 2. The summed E-state index contributed by atoms with van der Waals surface area (Å²) in [5, 5.41) is 13.7. The number of hydrogen-bond donors (Lipinski definition) is 2. The minimum absolute atomic E-state index is 0.374. The molecule has 0 aromatic heterocycles. The van der Waals surface area contributed by atoms with Crippen molar-refractivity contribution in [2.75, 3.05) is 13.1 Å². The Balaban J connectivity index is 1.91. The summed E-state index contributed by atoms with van der Waals surface area (Å²) >= 11 is 0. The van der Waals surface area contributed by atoms with Gasteiger partial charge in [-0.1, -0.05) is 18.2 Å². The molecule has 0 bridgehead atoms. The summed E-state index contributed by atoms with van der Waals surface area (Å²) in [7, 11) is 0.641. The van der Waals surface area contributed by atoms with Crippen LogP contribution in [-0.4, -0.2) is 43.6 Å². The van der Waals surface area contributed by atoms with Gasteiger partial charge in [0.25, 0.3) is 0 Å². The van der Waals surface area contributed by atoms with Crippen LogP contribution in [0.4, 0.5) is 0 Å². The summed E-state index contributed by atoms with van der Waals surface area (Å²) in [5.41, 5.74) is 2.15. The third-order valence-corrected chi connectivity index (χ3v) is 4.31. The first-order valence-corrected chi connectivity index (χ1v) is 9.70. The molecule has 0 aliphatic heterocycles. The summed E-state index contributed by atoms with van der Waals surface area (Å²) < 4.78 is 16.5. The molecule has 2 rings (SSSR count). The third-order valence-electron chi connectivity index (χ3n) is 4.31. The first-order valence-electron chi connectivity index (χ1n) is 9.70. The number of ether oxygens (including phenoxy) is 1. The average molecular weight is 380 g/mol. The van der Waals surface area contributed by atoms with Crippen molar-refractivity contribution in [1.29, 1.82) is 0 Å². The van der Waals surface area contributed by atoms with Crippen LogP contribution in [0.15, 0.2) is 59.6 Å². The van der Waals surface area contributed by atoms with E-state index < -0.39 is 6.10 Å². The number of hydrogen-bond acceptors (Lipinski definition) is 5. The van der Waals surface area contributed by atoms with Crippen molar-refractivity contribution >= 4 is 13.3 Å². The van der Waals surface area contributed by atoms with Gasteiger partial charge in [-0.05, 0) is 0 Å². The molecule has 1 unspecified atom stereocenters. The molecule has 0 heterocycles. The molecule has 0 amide bonds. The number of aliphatic hydroxyl groups is 1. The Bertz CT molecular complexity index is 720. The molecule has 0 fully saturated rings. The van der Waals surface area contributed by atoms with E-state index in [9.17, 15) is 9.81 Å². The Morgan fingerprint density at radius 3 is 2.43 bits per heavy atom. The van der Waals surface area contributed by atoms with E-state index in [2.05, 4.69) is 24.2 Å². The SMILES string of the molecule is CC(C)CNCC(O)[C@H](Cc1ccc(OCc2ccccc2)cc1)/N=C\B=O. The zero-order valence-electron chi connectivity index (χ0n) is 16.6. The second-order valence-electron chi connectivity index (χ2n) is 7.24. The molecule has 2 atom stereocenters. The maximum atomic E-state index is 10.7. The van der Waals surface area contributed by atoms with E-state index in [0.717, 1.165) is 23.4 Å². The topological polar surface area (TPSA) is 70.9 Å². The van der Waals surface area contributed by atoms with Crippen LogP contribution in [0.2, 0.25) is 0 Å². The molecule has 0 spiro atoms. The van der Waals surface area contributed by atoms with Gasteiger partial charge >= 0.3 is 149 Å². The fourth-order valence-electron chi connectivity index (χ4n) is 2.79. The number of nitrogens with zero attached hydrogens (tertiary/aromatic N) is 1. The van der Waals surface area contributed by atoms with Gasteiger partial charge in [-0.2, -0.15) is 0 Å². The van der Waals surface area contributed by atoms with Crippen molar-refractivity contribution in [1.82, 2.24) is 5.32 Å². The molecule has 2 aromatic carbocycles. The molecule has 0 aliphatic carbocycles. The van der Waals surface area contributed by atoms with Gasteiger partial charge in [0, 0.05) is 0 Å². The first kappa shape index (κ1) is 22.0. The molecule has 28 heavy (non-hydrogen) atoms. The standard InChI is InChI=1S/C22H29BN2O3/c1-17(2)13-24-14-22(26)21(25-16-23-27)12-18-8-10-20(11-9-18)28-15-19-6-4-3-5-7-19/h3-11,16-17,21-22,24,26H,12-15H2,1-2H3/b25-16-/t21-,22?/m0/s1. The van der Waals surface area contributed by atoms with Gasteiger partial charge in [0.15, 0.2) is 0 Å². The van der Waals surface area contributed by atoms with E-state index >= 15 is 0 Å². The summed E-state index contributed by atoms with van der Waals surface area (Å²) in [6.45, 7) is 6.02. The van der Waals surface area contributed by atoms with E-state index in [-0.39, 0.29) is 6.04 Å². The van der Waals surface area contributed by atoms with E-state index in [4.69, 9.17) is 4.74 Å². The zero-order chi connectivity index (χ0) is 20.2. The van der Waals surface area contributed by atoms with Gasteiger partial charge in [-0.15, -0.1) is 0 Å².